The van der Waals surface area contributed by atoms with E-state index in [1.165, 1.54) is 12.1 Å². The van der Waals surface area contributed by atoms with Gasteiger partial charge in [0.25, 0.3) is 0 Å². The summed E-state index contributed by atoms with van der Waals surface area (Å²) in [5.74, 6) is -0.0712. The molecule has 1 aromatic heterocycles. The largest absolute Gasteiger partial charge is 0.382 e. The lowest BCUT2D eigenvalue weighted by Crippen LogP contribution is -2.42. The number of carbonyl (C=O) groups is 1. The Kier molecular flexibility index (Phi) is 5.89. The van der Waals surface area contributed by atoms with E-state index in [9.17, 15) is 9.18 Å². The van der Waals surface area contributed by atoms with E-state index in [0.717, 1.165) is 43.9 Å². The lowest BCUT2D eigenvalue weighted by atomic mass is 9.85. The summed E-state index contributed by atoms with van der Waals surface area (Å²) in [4.78, 5) is 23.4. The van der Waals surface area contributed by atoms with Crippen molar-refractivity contribution in [3.63, 3.8) is 0 Å². The standard InChI is InChI=1S/C26H30FN5O/c1-3-32-11-9-19(10-12-32)30-20-7-8-22-21(14-20)24(26(33)31-22)23(25-28-15-16(2)29-25)17-5-4-6-18(27)13-17/h4-8,13-15,19,21-22,30H,3,9-12H2,1-2H3,(H,28,29)(H,31,33)/b24-23-. The van der Waals surface area contributed by atoms with Gasteiger partial charge < -0.3 is 20.5 Å². The minimum absolute atomic E-state index is 0.125. The van der Waals surface area contributed by atoms with E-state index in [-0.39, 0.29) is 23.7 Å². The summed E-state index contributed by atoms with van der Waals surface area (Å²) in [6.45, 7) is 7.41. The Hall–Kier alpha value is -3.19. The molecular formula is C26H30FN5O. The number of nitrogens with zero attached hydrogens (tertiary/aromatic N) is 2. The van der Waals surface area contributed by atoms with Crippen LogP contribution in [0.5, 0.6) is 0 Å². The van der Waals surface area contributed by atoms with Crippen LogP contribution >= 0.6 is 0 Å². The van der Waals surface area contributed by atoms with Crippen molar-refractivity contribution in [2.75, 3.05) is 19.6 Å². The number of imidazole rings is 1. The van der Waals surface area contributed by atoms with E-state index < -0.39 is 0 Å². The Morgan fingerprint density at radius 3 is 2.82 bits per heavy atom. The molecule has 0 spiro atoms. The molecule has 2 saturated heterocycles. The number of likely N-dealkylation sites (tertiary alicyclic amines) is 1. The molecule has 1 aliphatic carbocycles. The van der Waals surface area contributed by atoms with Crippen molar-refractivity contribution < 1.29 is 9.18 Å². The van der Waals surface area contributed by atoms with Crippen LogP contribution in [-0.2, 0) is 4.79 Å². The molecule has 0 saturated carbocycles. The lowest BCUT2D eigenvalue weighted by molar-refractivity contribution is -0.116. The fraction of sp³-hybridized carbons (Fsp3) is 0.385. The van der Waals surface area contributed by atoms with Crippen molar-refractivity contribution in [3.05, 3.63) is 82.9 Å². The van der Waals surface area contributed by atoms with Crippen molar-refractivity contribution in [1.82, 2.24) is 25.5 Å². The number of benzene rings is 1. The number of fused-ring (bicyclic) bond motifs is 1. The van der Waals surface area contributed by atoms with Gasteiger partial charge >= 0.3 is 0 Å². The number of carbonyl (C=O) groups excluding carboxylic acids is 1. The number of piperidine rings is 1. The zero-order valence-electron chi connectivity index (χ0n) is 19.1. The van der Waals surface area contributed by atoms with Crippen molar-refractivity contribution >= 4 is 11.5 Å². The van der Waals surface area contributed by atoms with Crippen molar-refractivity contribution in [2.45, 2.75) is 38.8 Å². The average molecular weight is 448 g/mol. The number of aryl methyl sites for hydroxylation is 1. The highest BCUT2D eigenvalue weighted by molar-refractivity contribution is 6.07. The second kappa shape index (κ2) is 8.98. The number of hydrogen-bond donors (Lipinski definition) is 3. The van der Waals surface area contributed by atoms with Crippen LogP contribution in [0.3, 0.4) is 0 Å². The third kappa shape index (κ3) is 4.37. The first-order valence-electron chi connectivity index (χ1n) is 11.7. The number of H-pyrrole nitrogens is 1. The maximum atomic E-state index is 14.2. The highest BCUT2D eigenvalue weighted by atomic mass is 19.1. The molecule has 2 atom stereocenters. The van der Waals surface area contributed by atoms with Gasteiger partial charge in [-0.25, -0.2) is 9.37 Å². The fourth-order valence-corrected chi connectivity index (χ4v) is 5.07. The zero-order valence-corrected chi connectivity index (χ0v) is 19.1. The summed E-state index contributed by atoms with van der Waals surface area (Å²) in [6.07, 6.45) is 10.2. The van der Waals surface area contributed by atoms with Crippen LogP contribution in [0.2, 0.25) is 0 Å². The normalized spacial score (nSPS) is 24.9. The first kappa shape index (κ1) is 21.6. The van der Waals surface area contributed by atoms with Gasteiger partial charge in [0.2, 0.25) is 5.91 Å². The number of amides is 1. The molecule has 2 aromatic rings. The highest BCUT2D eigenvalue weighted by Gasteiger charge is 2.39. The van der Waals surface area contributed by atoms with Gasteiger partial charge in [-0.3, -0.25) is 4.79 Å². The number of hydrogen-bond acceptors (Lipinski definition) is 4. The Labute approximate surface area is 193 Å². The van der Waals surface area contributed by atoms with Gasteiger partial charge in [-0.1, -0.05) is 31.2 Å². The number of aromatic amines is 1. The second-order valence-electron chi connectivity index (χ2n) is 9.07. The molecule has 33 heavy (non-hydrogen) atoms. The number of halogens is 1. The molecule has 2 aliphatic heterocycles. The number of rotatable bonds is 5. The molecule has 2 unspecified atom stereocenters. The average Bonchev–Trinajstić information content (AvgIpc) is 3.38. The first-order valence-corrected chi connectivity index (χ1v) is 11.7. The third-order valence-corrected chi connectivity index (χ3v) is 6.83. The van der Waals surface area contributed by atoms with Crippen LogP contribution in [-0.4, -0.2) is 52.5 Å². The van der Waals surface area contributed by atoms with Crippen LogP contribution < -0.4 is 10.6 Å². The minimum Gasteiger partial charge on any atom is -0.382 e. The van der Waals surface area contributed by atoms with Crippen LogP contribution in [0.15, 0.2) is 60.0 Å². The van der Waals surface area contributed by atoms with E-state index in [4.69, 9.17) is 0 Å². The second-order valence-corrected chi connectivity index (χ2v) is 9.07. The Bertz CT molecular complexity index is 1140. The van der Waals surface area contributed by atoms with E-state index in [1.54, 1.807) is 12.3 Å². The molecule has 1 amide bonds. The molecule has 172 valence electrons. The smallest absolute Gasteiger partial charge is 0.249 e. The molecule has 2 fully saturated rings. The quantitative estimate of drug-likeness (QED) is 0.615. The van der Waals surface area contributed by atoms with E-state index >= 15 is 0 Å². The Morgan fingerprint density at radius 1 is 1.30 bits per heavy atom. The highest BCUT2D eigenvalue weighted by Crippen LogP contribution is 2.37. The maximum absolute atomic E-state index is 14.2. The number of nitrogens with one attached hydrogen (secondary N) is 3. The van der Waals surface area contributed by atoms with Gasteiger partial charge in [0.15, 0.2) is 0 Å². The molecule has 3 N–H and O–H groups in total. The van der Waals surface area contributed by atoms with Crippen LogP contribution in [0.1, 0.15) is 36.8 Å². The van der Waals surface area contributed by atoms with Crippen molar-refractivity contribution in [3.8, 4) is 0 Å². The predicted molar refractivity (Wildman–Crippen MR) is 127 cm³/mol. The lowest BCUT2D eigenvalue weighted by Gasteiger charge is -2.33. The summed E-state index contributed by atoms with van der Waals surface area (Å²) in [5.41, 5.74) is 3.82. The molecule has 3 aliphatic rings. The topological polar surface area (TPSA) is 73.0 Å². The van der Waals surface area contributed by atoms with Gasteiger partial charge in [-0.2, -0.15) is 0 Å². The van der Waals surface area contributed by atoms with E-state index in [0.29, 0.717) is 28.6 Å². The molecule has 1 aromatic carbocycles. The van der Waals surface area contributed by atoms with E-state index in [2.05, 4.69) is 50.7 Å². The number of allylic oxidation sites excluding steroid dienone is 1. The van der Waals surface area contributed by atoms with Crippen LogP contribution in [0.4, 0.5) is 4.39 Å². The summed E-state index contributed by atoms with van der Waals surface area (Å²) < 4.78 is 14.2. The Morgan fingerprint density at radius 2 is 2.12 bits per heavy atom. The summed E-state index contributed by atoms with van der Waals surface area (Å²) in [5, 5.41) is 6.77. The molecule has 0 radical (unpaired) electrons. The molecule has 7 heteroatoms. The van der Waals surface area contributed by atoms with Gasteiger partial charge in [0.1, 0.15) is 11.6 Å². The monoisotopic (exact) mass is 447 g/mol. The van der Waals surface area contributed by atoms with Gasteiger partial charge in [-0.15, -0.1) is 0 Å². The van der Waals surface area contributed by atoms with Crippen molar-refractivity contribution in [1.29, 1.82) is 0 Å². The molecule has 6 nitrogen and oxygen atoms in total. The van der Waals surface area contributed by atoms with Gasteiger partial charge in [0.05, 0.1) is 6.04 Å². The molecule has 5 rings (SSSR count). The third-order valence-electron chi connectivity index (χ3n) is 6.83. The summed E-state index contributed by atoms with van der Waals surface area (Å²) >= 11 is 0. The summed E-state index contributed by atoms with van der Waals surface area (Å²) in [7, 11) is 0. The minimum atomic E-state index is -0.344. The first-order chi connectivity index (χ1) is 16.0. The predicted octanol–water partition coefficient (Wildman–Crippen LogP) is 3.30. The van der Waals surface area contributed by atoms with Gasteiger partial charge in [0, 0.05) is 53.8 Å². The van der Waals surface area contributed by atoms with Gasteiger partial charge in [-0.05, 0) is 50.1 Å². The van der Waals surface area contributed by atoms with E-state index in [1.807, 2.05) is 13.0 Å². The SMILES string of the molecule is CCN1CCC(NC2=CC3/C(=C(\c4cccc(F)c4)c4ncc(C)[nH]4)C(=O)NC3C=C2)CC1. The van der Waals surface area contributed by atoms with Crippen LogP contribution in [0, 0.1) is 18.7 Å². The number of aromatic nitrogens is 2. The Balaban J connectivity index is 1.51. The molecular weight excluding hydrogens is 417 g/mol. The molecule has 0 bridgehead atoms. The van der Waals surface area contributed by atoms with Crippen molar-refractivity contribution in [2.24, 2.45) is 5.92 Å². The molecule has 3 heterocycles. The summed E-state index contributed by atoms with van der Waals surface area (Å²) in [6, 6.07) is 6.66. The maximum Gasteiger partial charge on any atom is 0.249 e. The zero-order chi connectivity index (χ0) is 22.9. The van der Waals surface area contributed by atoms with Crippen LogP contribution in [0.25, 0.3) is 5.57 Å². The fourth-order valence-electron chi connectivity index (χ4n) is 5.07.